The van der Waals surface area contributed by atoms with Crippen molar-refractivity contribution in [1.82, 2.24) is 15.8 Å². The van der Waals surface area contributed by atoms with Crippen LogP contribution < -0.4 is 19.9 Å². The number of aromatic nitrogens is 1. The number of hydrogen-bond donors (Lipinski definition) is 2. The molecule has 0 radical (unpaired) electrons. The van der Waals surface area contributed by atoms with E-state index in [1.165, 1.54) is 50.7 Å². The van der Waals surface area contributed by atoms with Crippen LogP contribution in [0, 0.1) is 0 Å². The van der Waals surface area contributed by atoms with Gasteiger partial charge in [-0.25, -0.2) is 8.42 Å². The van der Waals surface area contributed by atoms with E-state index in [2.05, 4.69) is 15.8 Å². The van der Waals surface area contributed by atoms with Crippen LogP contribution in [0.3, 0.4) is 0 Å². The average Bonchev–Trinajstić information content (AvgIpc) is 2.82. The highest BCUT2D eigenvalue weighted by Gasteiger charge is 2.24. The molecule has 0 unspecified atom stereocenters. The minimum Gasteiger partial charge on any atom is -0.495 e. The molecular formula is C21H20N4O5S. The van der Waals surface area contributed by atoms with E-state index in [-0.39, 0.29) is 16.2 Å². The summed E-state index contributed by atoms with van der Waals surface area (Å²) in [5.74, 6) is -0.772. The number of anilines is 1. The van der Waals surface area contributed by atoms with E-state index < -0.39 is 21.8 Å². The first-order valence-corrected chi connectivity index (χ1v) is 10.5. The molecule has 0 saturated carbocycles. The molecule has 0 atom stereocenters. The third kappa shape index (κ3) is 4.81. The molecule has 0 fully saturated rings. The lowest BCUT2D eigenvalue weighted by Gasteiger charge is -2.21. The summed E-state index contributed by atoms with van der Waals surface area (Å²) in [5.41, 5.74) is 5.21. The zero-order chi connectivity index (χ0) is 22.4. The quantitative estimate of drug-likeness (QED) is 0.566. The van der Waals surface area contributed by atoms with Gasteiger partial charge in [0.05, 0.1) is 17.7 Å². The van der Waals surface area contributed by atoms with Gasteiger partial charge in [-0.2, -0.15) is 0 Å². The summed E-state index contributed by atoms with van der Waals surface area (Å²) >= 11 is 0. The van der Waals surface area contributed by atoms with E-state index >= 15 is 0 Å². The van der Waals surface area contributed by atoms with Crippen molar-refractivity contribution in [2.75, 3.05) is 18.5 Å². The molecule has 2 N–H and O–H groups in total. The van der Waals surface area contributed by atoms with Crippen LogP contribution in [0.4, 0.5) is 5.69 Å². The second kappa shape index (κ2) is 9.26. The number of sulfonamides is 1. The smallest absolute Gasteiger partial charge is 0.288 e. The molecule has 3 aromatic rings. The Bertz CT molecular complexity index is 1180. The molecule has 0 aliphatic carbocycles. The maximum atomic E-state index is 13.0. The monoisotopic (exact) mass is 440 g/mol. The molecule has 0 saturated heterocycles. The van der Waals surface area contributed by atoms with Crippen molar-refractivity contribution in [3.05, 3.63) is 84.2 Å². The van der Waals surface area contributed by atoms with Gasteiger partial charge in [0.1, 0.15) is 11.4 Å². The molecule has 1 heterocycles. The van der Waals surface area contributed by atoms with E-state index in [4.69, 9.17) is 4.74 Å². The Balaban J connectivity index is 1.71. The summed E-state index contributed by atoms with van der Waals surface area (Å²) in [6, 6.07) is 16.9. The summed E-state index contributed by atoms with van der Waals surface area (Å²) in [4.78, 5) is 28.1. The Morgan fingerprint density at radius 2 is 1.55 bits per heavy atom. The fraction of sp³-hybridized carbons (Fsp3) is 0.0952. The third-order valence-electron chi connectivity index (χ3n) is 4.39. The van der Waals surface area contributed by atoms with Gasteiger partial charge in [-0.05, 0) is 48.5 Å². The number of hydrogen-bond acceptors (Lipinski definition) is 6. The highest BCUT2D eigenvalue weighted by Crippen LogP contribution is 2.30. The number of ether oxygens (including phenoxy) is 1. The van der Waals surface area contributed by atoms with Crippen molar-refractivity contribution in [2.45, 2.75) is 4.90 Å². The number of carbonyl (C=O) groups excluding carboxylic acids is 2. The molecule has 0 spiro atoms. The summed E-state index contributed by atoms with van der Waals surface area (Å²) < 4.78 is 32.3. The molecule has 160 valence electrons. The molecule has 31 heavy (non-hydrogen) atoms. The lowest BCUT2D eigenvalue weighted by molar-refractivity contribution is 0.0844. The van der Waals surface area contributed by atoms with Gasteiger partial charge in [-0.3, -0.25) is 29.7 Å². The van der Waals surface area contributed by atoms with Gasteiger partial charge in [0, 0.05) is 18.8 Å². The Kier molecular flexibility index (Phi) is 6.51. The number of nitrogens with zero attached hydrogens (tertiary/aromatic N) is 2. The van der Waals surface area contributed by atoms with E-state index in [1.54, 1.807) is 36.4 Å². The van der Waals surface area contributed by atoms with Crippen LogP contribution in [0.25, 0.3) is 0 Å². The number of nitrogens with one attached hydrogen (secondary N) is 2. The van der Waals surface area contributed by atoms with Gasteiger partial charge in [0.2, 0.25) is 0 Å². The second-order valence-electron chi connectivity index (χ2n) is 6.29. The van der Waals surface area contributed by atoms with Crippen molar-refractivity contribution in [3.63, 3.8) is 0 Å². The lowest BCUT2D eigenvalue weighted by Crippen LogP contribution is -2.41. The predicted octanol–water partition coefficient (Wildman–Crippen LogP) is 1.99. The van der Waals surface area contributed by atoms with Gasteiger partial charge in [0.25, 0.3) is 21.8 Å². The van der Waals surface area contributed by atoms with Crippen molar-refractivity contribution in [3.8, 4) is 5.75 Å². The average molecular weight is 440 g/mol. The fourth-order valence-corrected chi connectivity index (χ4v) is 3.91. The Hall–Kier alpha value is -3.92. The Morgan fingerprint density at radius 1 is 0.903 bits per heavy atom. The van der Waals surface area contributed by atoms with Crippen LogP contribution in [-0.2, 0) is 10.0 Å². The zero-order valence-electron chi connectivity index (χ0n) is 16.8. The predicted molar refractivity (Wildman–Crippen MR) is 114 cm³/mol. The van der Waals surface area contributed by atoms with Crippen LogP contribution in [0.5, 0.6) is 5.75 Å². The van der Waals surface area contributed by atoms with Crippen LogP contribution in [0.2, 0.25) is 0 Å². The molecule has 2 aromatic carbocycles. The number of hydrazine groups is 1. The number of carbonyl (C=O) groups is 2. The number of rotatable bonds is 6. The van der Waals surface area contributed by atoms with Crippen LogP contribution in [-0.4, -0.2) is 39.4 Å². The molecule has 0 aliphatic heterocycles. The topological polar surface area (TPSA) is 118 Å². The van der Waals surface area contributed by atoms with Crippen molar-refractivity contribution < 1.29 is 22.7 Å². The Labute approximate surface area is 179 Å². The number of para-hydroxylation sites is 2. The first-order chi connectivity index (χ1) is 14.8. The van der Waals surface area contributed by atoms with Gasteiger partial charge in [-0.1, -0.05) is 18.2 Å². The molecular weight excluding hydrogens is 420 g/mol. The van der Waals surface area contributed by atoms with Crippen molar-refractivity contribution >= 4 is 27.5 Å². The molecule has 2 amide bonds. The van der Waals surface area contributed by atoms with Gasteiger partial charge in [0.15, 0.2) is 0 Å². The minimum atomic E-state index is -3.89. The van der Waals surface area contributed by atoms with Crippen molar-refractivity contribution in [2.24, 2.45) is 0 Å². The fourth-order valence-electron chi connectivity index (χ4n) is 2.70. The molecule has 0 bridgehead atoms. The molecule has 1 aromatic heterocycles. The standard InChI is InChI=1S/C21H20N4O5S/c1-25(18-8-3-4-9-19(18)30-2)31(28,29)16-12-10-15(11-13-16)20(26)23-24-21(27)17-7-5-6-14-22-17/h3-14H,1-2H3,(H,23,26)(H,24,27). The summed E-state index contributed by atoms with van der Waals surface area (Å²) in [6.07, 6.45) is 1.46. The summed E-state index contributed by atoms with van der Waals surface area (Å²) in [6.45, 7) is 0. The van der Waals surface area contributed by atoms with E-state index in [9.17, 15) is 18.0 Å². The number of benzene rings is 2. The molecule has 10 heteroatoms. The van der Waals surface area contributed by atoms with E-state index in [0.717, 1.165) is 4.31 Å². The highest BCUT2D eigenvalue weighted by molar-refractivity contribution is 7.92. The molecule has 3 rings (SSSR count). The first kappa shape index (κ1) is 21.8. The zero-order valence-corrected chi connectivity index (χ0v) is 17.6. The minimum absolute atomic E-state index is 0.00465. The lowest BCUT2D eigenvalue weighted by atomic mass is 10.2. The number of amides is 2. The maximum absolute atomic E-state index is 13.0. The SMILES string of the molecule is COc1ccccc1N(C)S(=O)(=O)c1ccc(C(=O)NNC(=O)c2ccccn2)cc1. The third-order valence-corrected chi connectivity index (χ3v) is 6.17. The largest absolute Gasteiger partial charge is 0.495 e. The molecule has 0 aliphatic rings. The van der Waals surface area contributed by atoms with Gasteiger partial charge < -0.3 is 4.74 Å². The van der Waals surface area contributed by atoms with Gasteiger partial charge in [-0.15, -0.1) is 0 Å². The second-order valence-corrected chi connectivity index (χ2v) is 8.26. The van der Waals surface area contributed by atoms with Crippen LogP contribution >= 0.6 is 0 Å². The summed E-state index contributed by atoms with van der Waals surface area (Å²) in [7, 11) is -1.01. The molecule has 9 nitrogen and oxygen atoms in total. The summed E-state index contributed by atoms with van der Waals surface area (Å²) in [5, 5.41) is 0. The van der Waals surface area contributed by atoms with Gasteiger partial charge >= 0.3 is 0 Å². The van der Waals surface area contributed by atoms with E-state index in [1.807, 2.05) is 0 Å². The number of pyridine rings is 1. The van der Waals surface area contributed by atoms with Crippen LogP contribution in [0.15, 0.2) is 77.8 Å². The van der Waals surface area contributed by atoms with Crippen molar-refractivity contribution in [1.29, 1.82) is 0 Å². The normalized spacial score (nSPS) is 10.8. The number of methoxy groups -OCH3 is 1. The Morgan fingerprint density at radius 3 is 2.19 bits per heavy atom. The maximum Gasteiger partial charge on any atom is 0.288 e. The highest BCUT2D eigenvalue weighted by atomic mass is 32.2. The first-order valence-electron chi connectivity index (χ1n) is 9.08. The van der Waals surface area contributed by atoms with E-state index in [0.29, 0.717) is 11.4 Å². The van der Waals surface area contributed by atoms with Crippen LogP contribution in [0.1, 0.15) is 20.8 Å².